The standard InChI is InChI=1S/C13H14ClF3N2O3S/c1-7(18-23(22)12(2,3)4)9-5-8(19(20)21)6-10(11(9)14)13(15,16)17/h5-6H,1-4H3. The number of alkyl halides is 3. The molecule has 5 nitrogen and oxygen atoms in total. The van der Waals surface area contributed by atoms with Crippen LogP contribution in [-0.4, -0.2) is 19.6 Å². The third kappa shape index (κ3) is 4.74. The normalized spacial score (nSPS) is 14.7. The zero-order valence-corrected chi connectivity index (χ0v) is 14.3. The van der Waals surface area contributed by atoms with Gasteiger partial charge in [0.25, 0.3) is 5.69 Å². The number of non-ortho nitro benzene ring substituents is 1. The number of nitro groups is 1. The van der Waals surface area contributed by atoms with E-state index < -0.39 is 43.1 Å². The van der Waals surface area contributed by atoms with E-state index in [2.05, 4.69) is 4.40 Å². The molecule has 0 aliphatic rings. The van der Waals surface area contributed by atoms with Crippen molar-refractivity contribution in [2.45, 2.75) is 38.6 Å². The van der Waals surface area contributed by atoms with E-state index in [1.54, 1.807) is 20.8 Å². The van der Waals surface area contributed by atoms with Crippen molar-refractivity contribution in [2.75, 3.05) is 0 Å². The number of nitrogens with zero attached hydrogens (tertiary/aromatic N) is 2. The number of halogens is 4. The Morgan fingerprint density at radius 1 is 1.30 bits per heavy atom. The molecule has 1 atom stereocenters. The highest BCUT2D eigenvalue weighted by Gasteiger charge is 2.36. The molecule has 23 heavy (non-hydrogen) atoms. The number of rotatable bonds is 3. The molecule has 0 saturated heterocycles. The quantitative estimate of drug-likeness (QED) is 0.445. The molecule has 1 rings (SSSR count). The monoisotopic (exact) mass is 370 g/mol. The van der Waals surface area contributed by atoms with E-state index in [0.29, 0.717) is 6.07 Å². The average molecular weight is 371 g/mol. The predicted octanol–water partition coefficient (Wildman–Crippen LogP) is 4.54. The van der Waals surface area contributed by atoms with E-state index in [0.717, 1.165) is 6.07 Å². The van der Waals surface area contributed by atoms with E-state index in [-0.39, 0.29) is 11.3 Å². The lowest BCUT2D eigenvalue weighted by molar-refractivity contribution is -0.385. The number of hydrogen-bond acceptors (Lipinski definition) is 3. The minimum absolute atomic E-state index is 0.0718. The van der Waals surface area contributed by atoms with Crippen LogP contribution >= 0.6 is 11.6 Å². The first-order valence-electron chi connectivity index (χ1n) is 6.28. The Morgan fingerprint density at radius 2 is 1.83 bits per heavy atom. The second-order valence-electron chi connectivity index (χ2n) is 5.65. The van der Waals surface area contributed by atoms with E-state index in [4.69, 9.17) is 11.6 Å². The molecule has 0 heterocycles. The lowest BCUT2D eigenvalue weighted by Crippen LogP contribution is -2.21. The van der Waals surface area contributed by atoms with Crippen LogP contribution in [0.25, 0.3) is 0 Å². The summed E-state index contributed by atoms with van der Waals surface area (Å²) in [5.41, 5.74) is -2.45. The molecular weight excluding hydrogens is 357 g/mol. The Labute approximate surface area is 138 Å². The lowest BCUT2D eigenvalue weighted by atomic mass is 10.1. The van der Waals surface area contributed by atoms with Gasteiger partial charge in [-0.2, -0.15) is 17.6 Å². The van der Waals surface area contributed by atoms with Gasteiger partial charge >= 0.3 is 6.18 Å². The zero-order chi connectivity index (χ0) is 18.2. The fourth-order valence-corrected chi connectivity index (χ4v) is 2.47. The van der Waals surface area contributed by atoms with E-state index in [1.807, 2.05) is 0 Å². The van der Waals surface area contributed by atoms with Gasteiger partial charge in [-0.1, -0.05) is 11.6 Å². The van der Waals surface area contributed by atoms with Gasteiger partial charge in [0.15, 0.2) is 0 Å². The van der Waals surface area contributed by atoms with E-state index >= 15 is 0 Å². The summed E-state index contributed by atoms with van der Waals surface area (Å²) in [4.78, 5) is 9.89. The van der Waals surface area contributed by atoms with Gasteiger partial charge in [-0.05, 0) is 27.7 Å². The van der Waals surface area contributed by atoms with Crippen LogP contribution in [0.3, 0.4) is 0 Å². The van der Waals surface area contributed by atoms with Crippen LogP contribution < -0.4 is 0 Å². The molecule has 0 spiro atoms. The number of benzene rings is 1. The van der Waals surface area contributed by atoms with Gasteiger partial charge in [0.2, 0.25) is 0 Å². The van der Waals surface area contributed by atoms with Crippen molar-refractivity contribution < 1.29 is 22.3 Å². The van der Waals surface area contributed by atoms with Gasteiger partial charge in [0.1, 0.15) is 11.0 Å². The summed E-state index contributed by atoms with van der Waals surface area (Å²) < 4.78 is 54.0. The summed E-state index contributed by atoms with van der Waals surface area (Å²) in [7, 11) is -1.74. The van der Waals surface area contributed by atoms with Crippen molar-refractivity contribution in [1.82, 2.24) is 0 Å². The minimum Gasteiger partial charge on any atom is -0.258 e. The fourth-order valence-electron chi connectivity index (χ4n) is 1.49. The first-order chi connectivity index (χ1) is 10.2. The molecule has 0 saturated carbocycles. The lowest BCUT2D eigenvalue weighted by Gasteiger charge is -2.15. The van der Waals surface area contributed by atoms with Crippen molar-refractivity contribution in [2.24, 2.45) is 4.40 Å². The van der Waals surface area contributed by atoms with Crippen molar-refractivity contribution in [3.05, 3.63) is 38.4 Å². The van der Waals surface area contributed by atoms with Gasteiger partial charge in [-0.15, -0.1) is 0 Å². The van der Waals surface area contributed by atoms with Crippen LogP contribution in [0.2, 0.25) is 5.02 Å². The smallest absolute Gasteiger partial charge is 0.258 e. The molecule has 10 heteroatoms. The molecule has 0 aliphatic heterocycles. The largest absolute Gasteiger partial charge is 0.418 e. The summed E-state index contributed by atoms with van der Waals surface area (Å²) in [6.07, 6.45) is -4.86. The molecule has 128 valence electrons. The minimum atomic E-state index is -4.86. The van der Waals surface area contributed by atoms with Crippen molar-refractivity contribution in [3.63, 3.8) is 0 Å². The van der Waals surface area contributed by atoms with E-state index in [9.17, 15) is 27.5 Å². The maximum Gasteiger partial charge on any atom is 0.418 e. The van der Waals surface area contributed by atoms with Gasteiger partial charge in [0, 0.05) is 17.7 Å². The molecule has 1 aromatic carbocycles. The Balaban J connectivity index is 3.58. The highest BCUT2D eigenvalue weighted by molar-refractivity contribution is 7.85. The molecule has 0 N–H and O–H groups in total. The first kappa shape index (κ1) is 19.6. The van der Waals surface area contributed by atoms with Crippen LogP contribution in [0, 0.1) is 10.1 Å². The van der Waals surface area contributed by atoms with Crippen molar-refractivity contribution in [1.29, 1.82) is 0 Å². The Kier molecular flexibility index (Phi) is 5.58. The number of hydrogen-bond donors (Lipinski definition) is 0. The van der Waals surface area contributed by atoms with Crippen LogP contribution in [0.15, 0.2) is 16.5 Å². The molecule has 1 aromatic rings. The molecule has 0 amide bonds. The summed E-state index contributed by atoms with van der Waals surface area (Å²) in [6.45, 7) is 6.21. The highest BCUT2D eigenvalue weighted by atomic mass is 35.5. The summed E-state index contributed by atoms with van der Waals surface area (Å²) in [5.74, 6) is 0. The second kappa shape index (κ2) is 6.56. The SMILES string of the molecule is CC(=NS(=O)C(C)(C)C)c1cc([N+](=O)[O-])cc(C(F)(F)F)c1Cl. The maximum absolute atomic E-state index is 13.0. The molecule has 0 fully saturated rings. The molecule has 0 bridgehead atoms. The first-order valence-corrected chi connectivity index (χ1v) is 7.76. The Hall–Kier alpha value is -1.48. The molecule has 0 radical (unpaired) electrons. The van der Waals surface area contributed by atoms with Crippen molar-refractivity contribution >= 4 is 34.0 Å². The molecule has 1 unspecified atom stereocenters. The highest BCUT2D eigenvalue weighted by Crippen LogP contribution is 2.39. The van der Waals surface area contributed by atoms with Crippen LogP contribution in [0.4, 0.5) is 18.9 Å². The second-order valence-corrected chi connectivity index (χ2v) is 7.93. The van der Waals surface area contributed by atoms with Crippen LogP contribution in [0.5, 0.6) is 0 Å². The van der Waals surface area contributed by atoms with E-state index in [1.165, 1.54) is 6.92 Å². The van der Waals surface area contributed by atoms with Gasteiger partial charge in [0.05, 0.1) is 26.0 Å². The third-order valence-electron chi connectivity index (χ3n) is 2.71. The van der Waals surface area contributed by atoms with Crippen LogP contribution in [0.1, 0.15) is 38.8 Å². The van der Waals surface area contributed by atoms with Gasteiger partial charge in [-0.25, -0.2) is 4.21 Å². The fraction of sp³-hybridized carbons (Fsp3) is 0.462. The average Bonchev–Trinajstić information content (AvgIpc) is 2.35. The summed E-state index contributed by atoms with van der Waals surface area (Å²) >= 11 is 5.74. The Morgan fingerprint density at radius 3 is 2.22 bits per heavy atom. The maximum atomic E-state index is 13.0. The molecule has 0 aromatic heterocycles. The van der Waals surface area contributed by atoms with Gasteiger partial charge in [-0.3, -0.25) is 10.1 Å². The molecular formula is C13H14ClF3N2O3S. The van der Waals surface area contributed by atoms with Crippen LogP contribution in [-0.2, 0) is 17.2 Å². The topological polar surface area (TPSA) is 72.6 Å². The summed E-state index contributed by atoms with van der Waals surface area (Å²) in [5, 5.41) is 10.1. The van der Waals surface area contributed by atoms with Gasteiger partial charge < -0.3 is 0 Å². The summed E-state index contributed by atoms with van der Waals surface area (Å²) in [6, 6.07) is 1.25. The Bertz CT molecular complexity index is 697. The molecule has 0 aliphatic carbocycles. The third-order valence-corrected chi connectivity index (χ3v) is 4.60. The van der Waals surface area contributed by atoms with Crippen molar-refractivity contribution in [3.8, 4) is 0 Å². The number of nitro benzene ring substituents is 1. The zero-order valence-electron chi connectivity index (χ0n) is 12.7. The predicted molar refractivity (Wildman–Crippen MR) is 83.2 cm³/mol.